The molecular weight excluding hydrogens is 304 g/mol. The Bertz CT molecular complexity index is 410. The van der Waals surface area contributed by atoms with Crippen LogP contribution in [0.25, 0.3) is 5.57 Å². The highest BCUT2D eigenvalue weighted by atomic mass is 79.9. The van der Waals surface area contributed by atoms with Crippen LogP contribution in [-0.4, -0.2) is 48.4 Å². The Kier molecular flexibility index (Phi) is 7.34. The maximum atomic E-state index is 4.44. The summed E-state index contributed by atoms with van der Waals surface area (Å²) in [4.78, 5) is 2.17. The van der Waals surface area contributed by atoms with Gasteiger partial charge in [-0.2, -0.15) is 5.10 Å². The molecule has 0 aliphatic rings. The summed E-state index contributed by atoms with van der Waals surface area (Å²) in [5, 5.41) is 7.77. The molecule has 1 heterocycles. The maximum Gasteiger partial charge on any atom is 0.0778 e. The van der Waals surface area contributed by atoms with Crippen molar-refractivity contribution in [1.82, 2.24) is 20.0 Å². The fourth-order valence-corrected chi connectivity index (χ4v) is 2.49. The van der Waals surface area contributed by atoms with E-state index in [1.54, 1.807) is 0 Å². The van der Waals surface area contributed by atoms with Crippen molar-refractivity contribution in [2.45, 2.75) is 26.8 Å². The lowest BCUT2D eigenvalue weighted by atomic mass is 10.2. The summed E-state index contributed by atoms with van der Waals surface area (Å²) in [7, 11) is 4.16. The average molecular weight is 329 g/mol. The number of likely N-dealkylation sites (N-methyl/N-ethyl adjacent to an activating group) is 1. The van der Waals surface area contributed by atoms with Crippen LogP contribution < -0.4 is 5.32 Å². The van der Waals surface area contributed by atoms with Crippen LogP contribution in [0.1, 0.15) is 26.0 Å². The first-order valence-corrected chi connectivity index (χ1v) is 7.59. The van der Waals surface area contributed by atoms with E-state index in [9.17, 15) is 0 Å². The summed E-state index contributed by atoms with van der Waals surface area (Å²) in [5.41, 5.74) is 2.47. The predicted molar refractivity (Wildman–Crippen MR) is 85.3 cm³/mol. The molecule has 19 heavy (non-hydrogen) atoms. The van der Waals surface area contributed by atoms with E-state index < -0.39 is 0 Å². The molecule has 1 aromatic rings. The van der Waals surface area contributed by atoms with Gasteiger partial charge in [0.1, 0.15) is 0 Å². The number of halogens is 1. The molecule has 0 radical (unpaired) electrons. The maximum absolute atomic E-state index is 4.44. The summed E-state index contributed by atoms with van der Waals surface area (Å²) in [6.07, 6.45) is 5.20. The molecule has 4 nitrogen and oxygen atoms in total. The predicted octanol–water partition coefficient (Wildman–Crippen LogP) is 2.61. The lowest BCUT2D eigenvalue weighted by molar-refractivity contribution is 0.372. The molecule has 0 bridgehead atoms. The molecule has 1 rings (SSSR count). The van der Waals surface area contributed by atoms with Crippen LogP contribution in [0.4, 0.5) is 0 Å². The van der Waals surface area contributed by atoms with Crippen molar-refractivity contribution in [3.63, 3.8) is 0 Å². The van der Waals surface area contributed by atoms with Crippen molar-refractivity contribution in [1.29, 1.82) is 0 Å². The second-order valence-electron chi connectivity index (χ2n) is 4.90. The van der Waals surface area contributed by atoms with E-state index in [4.69, 9.17) is 0 Å². The molecule has 0 aromatic carbocycles. The van der Waals surface area contributed by atoms with Crippen LogP contribution in [0.3, 0.4) is 0 Å². The fourth-order valence-electron chi connectivity index (χ4n) is 1.88. The number of hydrogen-bond acceptors (Lipinski definition) is 3. The van der Waals surface area contributed by atoms with Crippen molar-refractivity contribution in [2.24, 2.45) is 0 Å². The molecule has 0 saturated carbocycles. The number of aromatic nitrogens is 2. The molecule has 0 atom stereocenters. The molecule has 1 N–H and O–H groups in total. The van der Waals surface area contributed by atoms with Gasteiger partial charge < -0.3 is 10.2 Å². The molecule has 0 saturated heterocycles. The molecule has 0 aliphatic heterocycles. The number of rotatable bonds is 8. The Morgan fingerprint density at radius 1 is 1.53 bits per heavy atom. The Labute approximate surface area is 125 Å². The Balaban J connectivity index is 2.71. The molecule has 5 heteroatoms. The number of allylic oxidation sites excluding steroid dienone is 1. The third-order valence-electron chi connectivity index (χ3n) is 2.95. The highest BCUT2D eigenvalue weighted by Crippen LogP contribution is 2.24. The van der Waals surface area contributed by atoms with Crippen LogP contribution in [0.2, 0.25) is 0 Å². The topological polar surface area (TPSA) is 33.1 Å². The summed E-state index contributed by atoms with van der Waals surface area (Å²) < 4.78 is 3.15. The second kappa shape index (κ2) is 8.51. The van der Waals surface area contributed by atoms with Gasteiger partial charge in [-0.1, -0.05) is 13.0 Å². The van der Waals surface area contributed by atoms with E-state index in [0.717, 1.165) is 37.1 Å². The molecule has 0 fully saturated rings. The van der Waals surface area contributed by atoms with Crippen molar-refractivity contribution in [3.05, 3.63) is 22.4 Å². The van der Waals surface area contributed by atoms with Gasteiger partial charge >= 0.3 is 0 Å². The molecule has 0 amide bonds. The number of nitrogens with zero attached hydrogens (tertiary/aromatic N) is 3. The number of nitrogens with one attached hydrogen (secondary N) is 1. The van der Waals surface area contributed by atoms with E-state index >= 15 is 0 Å². The molecule has 0 unspecified atom stereocenters. The van der Waals surface area contributed by atoms with Gasteiger partial charge in [-0.25, -0.2) is 0 Å². The van der Waals surface area contributed by atoms with E-state index in [2.05, 4.69) is 69.9 Å². The zero-order valence-electron chi connectivity index (χ0n) is 12.4. The van der Waals surface area contributed by atoms with Crippen LogP contribution in [0, 0.1) is 0 Å². The smallest absolute Gasteiger partial charge is 0.0778 e. The van der Waals surface area contributed by atoms with Crippen molar-refractivity contribution < 1.29 is 0 Å². The first kappa shape index (κ1) is 16.4. The molecule has 1 aromatic heterocycles. The third kappa shape index (κ3) is 5.47. The minimum absolute atomic E-state index is 0.909. The average Bonchev–Trinajstić information content (AvgIpc) is 2.73. The third-order valence-corrected chi connectivity index (χ3v) is 3.53. The fraction of sp³-hybridized carbons (Fsp3) is 0.643. The second-order valence-corrected chi connectivity index (χ2v) is 5.75. The summed E-state index contributed by atoms with van der Waals surface area (Å²) in [5.74, 6) is 0. The van der Waals surface area contributed by atoms with E-state index in [-0.39, 0.29) is 0 Å². The standard InChI is InChI=1S/C14H25BrN4/c1-5-16-8-6-7-12(2)14-13(15)11-17-19(14)10-9-18(3)4/h7,11,16H,5-6,8-10H2,1-4H3/b12-7-. The largest absolute Gasteiger partial charge is 0.317 e. The van der Waals surface area contributed by atoms with Gasteiger partial charge in [0.25, 0.3) is 0 Å². The Hall–Kier alpha value is -0.650. The quantitative estimate of drug-likeness (QED) is 0.744. The minimum Gasteiger partial charge on any atom is -0.317 e. The monoisotopic (exact) mass is 328 g/mol. The SMILES string of the molecule is CCNCC/C=C(/C)c1c(Br)cnn1CCN(C)C. The van der Waals surface area contributed by atoms with Crippen molar-refractivity contribution >= 4 is 21.5 Å². The highest BCUT2D eigenvalue weighted by molar-refractivity contribution is 9.10. The van der Waals surface area contributed by atoms with E-state index in [1.807, 2.05) is 6.20 Å². The van der Waals surface area contributed by atoms with Crippen LogP contribution in [0.15, 0.2) is 16.7 Å². The van der Waals surface area contributed by atoms with Gasteiger partial charge in [0.05, 0.1) is 22.9 Å². The molecule has 0 spiro atoms. The van der Waals surface area contributed by atoms with Gasteiger partial charge in [0.15, 0.2) is 0 Å². The van der Waals surface area contributed by atoms with Crippen molar-refractivity contribution in [2.75, 3.05) is 33.7 Å². The van der Waals surface area contributed by atoms with Gasteiger partial charge in [0, 0.05) is 6.54 Å². The van der Waals surface area contributed by atoms with E-state index in [0.29, 0.717) is 0 Å². The number of hydrogen-bond donors (Lipinski definition) is 1. The first-order chi connectivity index (χ1) is 9.06. The zero-order valence-corrected chi connectivity index (χ0v) is 14.0. The minimum atomic E-state index is 0.909. The van der Waals surface area contributed by atoms with Gasteiger partial charge in [-0.05, 0) is 62.0 Å². The molecule has 108 valence electrons. The van der Waals surface area contributed by atoms with Crippen LogP contribution in [-0.2, 0) is 6.54 Å². The Morgan fingerprint density at radius 3 is 2.89 bits per heavy atom. The lowest BCUT2D eigenvalue weighted by Gasteiger charge is -2.12. The van der Waals surface area contributed by atoms with Gasteiger partial charge in [0.2, 0.25) is 0 Å². The van der Waals surface area contributed by atoms with Gasteiger partial charge in [-0.3, -0.25) is 4.68 Å². The summed E-state index contributed by atoms with van der Waals surface area (Å²) in [6, 6.07) is 0. The van der Waals surface area contributed by atoms with E-state index in [1.165, 1.54) is 11.3 Å². The lowest BCUT2D eigenvalue weighted by Crippen LogP contribution is -2.20. The molecule has 0 aliphatic carbocycles. The normalized spacial score (nSPS) is 12.4. The van der Waals surface area contributed by atoms with Crippen LogP contribution >= 0.6 is 15.9 Å². The van der Waals surface area contributed by atoms with Gasteiger partial charge in [-0.15, -0.1) is 0 Å². The van der Waals surface area contributed by atoms with Crippen LogP contribution in [0.5, 0.6) is 0 Å². The first-order valence-electron chi connectivity index (χ1n) is 6.80. The summed E-state index contributed by atoms with van der Waals surface area (Å²) in [6.45, 7) is 8.23. The Morgan fingerprint density at radius 2 is 2.26 bits per heavy atom. The zero-order chi connectivity index (χ0) is 14.3. The highest BCUT2D eigenvalue weighted by Gasteiger charge is 2.10. The van der Waals surface area contributed by atoms with Crippen molar-refractivity contribution in [3.8, 4) is 0 Å². The summed E-state index contributed by atoms with van der Waals surface area (Å²) >= 11 is 3.59. The molecular formula is C14H25BrN4.